The van der Waals surface area contributed by atoms with Crippen LogP contribution < -0.4 is 0 Å². The molecule has 0 unspecified atom stereocenters. The van der Waals surface area contributed by atoms with Gasteiger partial charge in [0, 0.05) is 0 Å². The zero-order valence-corrected chi connectivity index (χ0v) is 15.2. The monoisotopic (exact) mass is 368 g/mol. The van der Waals surface area contributed by atoms with Crippen molar-refractivity contribution in [3.8, 4) is 12.1 Å². The van der Waals surface area contributed by atoms with Crippen molar-refractivity contribution in [2.45, 2.75) is 64.2 Å². The second kappa shape index (κ2) is 15.9. The Balaban J connectivity index is 3.58. The Kier molecular flexibility index (Phi) is 14.3. The summed E-state index contributed by atoms with van der Waals surface area (Å²) in [5, 5.41) is 39.8. The van der Waals surface area contributed by atoms with Crippen molar-refractivity contribution in [3.63, 3.8) is 0 Å². The average molecular weight is 368 g/mol. The molecule has 0 rings (SSSR count). The van der Waals surface area contributed by atoms with Gasteiger partial charge in [-0.05, 0) is 12.8 Å². The molecule has 0 saturated carbocycles. The maximum Gasteiger partial charge on any atom is 0.160 e. The van der Waals surface area contributed by atoms with E-state index in [9.17, 15) is 20.2 Å². The summed E-state index contributed by atoms with van der Waals surface area (Å²) in [4.78, 5) is 21.6. The molecule has 0 aromatic rings. The highest BCUT2D eigenvalue weighted by molar-refractivity contribution is 4.70. The quantitative estimate of drug-likeness (QED) is 0.217. The van der Waals surface area contributed by atoms with E-state index in [1.165, 1.54) is 0 Å². The first-order chi connectivity index (χ1) is 12.5. The van der Waals surface area contributed by atoms with Crippen LogP contribution in [0.15, 0.2) is 0 Å². The molecule has 0 aliphatic heterocycles. The van der Waals surface area contributed by atoms with Crippen molar-refractivity contribution in [2.75, 3.05) is 26.2 Å². The van der Waals surface area contributed by atoms with Crippen LogP contribution in [0.4, 0.5) is 0 Å². The van der Waals surface area contributed by atoms with Gasteiger partial charge in [0.2, 0.25) is 0 Å². The minimum Gasteiger partial charge on any atom is -0.235 e. The predicted octanol–water partition coefficient (Wildman–Crippen LogP) is 2.92. The van der Waals surface area contributed by atoms with Gasteiger partial charge in [-0.15, -0.1) is 10.0 Å². The third-order valence-corrected chi connectivity index (χ3v) is 4.01. The highest BCUT2D eigenvalue weighted by Gasteiger charge is 2.13. The van der Waals surface area contributed by atoms with Crippen molar-refractivity contribution < 1.29 is 10.1 Å². The molecule has 0 fully saturated rings. The lowest BCUT2D eigenvalue weighted by Gasteiger charge is -2.12. The van der Waals surface area contributed by atoms with Gasteiger partial charge in [-0.1, -0.05) is 38.5 Å². The Morgan fingerprint density at radius 1 is 0.615 bits per heavy atom. The van der Waals surface area contributed by atoms with Crippen LogP contribution in [0.1, 0.15) is 64.2 Å². The van der Waals surface area contributed by atoms with Crippen molar-refractivity contribution >= 4 is 0 Å². The molecule has 0 aromatic carbocycles. The number of unbranched alkanes of at least 4 members (excludes halogenated alkanes) is 7. The summed E-state index contributed by atoms with van der Waals surface area (Å²) >= 11 is 0. The Bertz CT molecular complexity index is 444. The molecule has 0 aliphatic carbocycles. The molecule has 0 heterocycles. The van der Waals surface area contributed by atoms with E-state index in [-0.39, 0.29) is 25.9 Å². The van der Waals surface area contributed by atoms with E-state index in [2.05, 4.69) is 0 Å². The van der Waals surface area contributed by atoms with E-state index in [1.54, 1.807) is 0 Å². The second-order valence-corrected chi connectivity index (χ2v) is 6.03. The van der Waals surface area contributed by atoms with Gasteiger partial charge >= 0.3 is 0 Å². The molecule has 0 aliphatic rings. The normalized spacial score (nSPS) is 9.92. The molecular formula is C16H28N6O4. The van der Waals surface area contributed by atoms with Crippen LogP contribution in [0.3, 0.4) is 0 Å². The number of rotatable bonds is 17. The average Bonchev–Trinajstić information content (AvgIpc) is 2.60. The summed E-state index contributed by atoms with van der Waals surface area (Å²) in [5.74, 6) is 0. The zero-order valence-electron chi connectivity index (χ0n) is 15.2. The molecule has 10 nitrogen and oxygen atoms in total. The molecule has 26 heavy (non-hydrogen) atoms. The van der Waals surface area contributed by atoms with E-state index in [1.807, 2.05) is 12.1 Å². The molecule has 0 amide bonds. The minimum atomic E-state index is -0.442. The Morgan fingerprint density at radius 3 is 1.19 bits per heavy atom. The fourth-order valence-electron chi connectivity index (χ4n) is 2.56. The van der Waals surface area contributed by atoms with E-state index >= 15 is 0 Å². The predicted molar refractivity (Wildman–Crippen MR) is 94.5 cm³/mol. The van der Waals surface area contributed by atoms with Crippen molar-refractivity contribution in [3.05, 3.63) is 20.2 Å². The van der Waals surface area contributed by atoms with E-state index < -0.39 is 10.1 Å². The van der Waals surface area contributed by atoms with Gasteiger partial charge in [0.15, 0.2) is 10.1 Å². The molecule has 0 radical (unpaired) electrons. The van der Waals surface area contributed by atoms with Crippen LogP contribution >= 0.6 is 0 Å². The number of nitro groups is 2. The second-order valence-electron chi connectivity index (χ2n) is 6.03. The van der Waals surface area contributed by atoms with Crippen molar-refractivity contribution in [1.82, 2.24) is 10.0 Å². The van der Waals surface area contributed by atoms with Crippen molar-refractivity contribution in [1.29, 1.82) is 10.5 Å². The summed E-state index contributed by atoms with van der Waals surface area (Å²) in [6.45, 7) is 1.07. The topological polar surface area (TPSA) is 140 Å². The van der Waals surface area contributed by atoms with Gasteiger partial charge in [0.05, 0.1) is 51.2 Å². The molecular weight excluding hydrogens is 340 g/mol. The van der Waals surface area contributed by atoms with Crippen LogP contribution in [0.5, 0.6) is 0 Å². The summed E-state index contributed by atoms with van der Waals surface area (Å²) in [5.41, 5.74) is 0. The maximum atomic E-state index is 10.8. The fraction of sp³-hybridized carbons (Fsp3) is 0.875. The lowest BCUT2D eigenvalue weighted by Crippen LogP contribution is -2.31. The summed E-state index contributed by atoms with van der Waals surface area (Å²) < 4.78 is 0. The number of hydrogen-bond donors (Lipinski definition) is 0. The van der Waals surface area contributed by atoms with E-state index in [4.69, 9.17) is 10.5 Å². The summed E-state index contributed by atoms with van der Waals surface area (Å²) in [6.07, 6.45) is 7.73. The highest BCUT2D eigenvalue weighted by atomic mass is 16.7. The molecule has 0 atom stereocenters. The highest BCUT2D eigenvalue weighted by Crippen LogP contribution is 2.10. The largest absolute Gasteiger partial charge is 0.235 e. The summed E-state index contributed by atoms with van der Waals surface area (Å²) in [7, 11) is 0. The lowest BCUT2D eigenvalue weighted by atomic mass is 10.1. The van der Waals surface area contributed by atoms with Gasteiger partial charge in [-0.3, -0.25) is 0 Å². The standard InChI is InChI=1S/C16H28N6O4/c17-11-9-15-19(21(23)24)13-7-5-3-1-2-4-6-8-14-20(22(25)26)16-10-12-18/h1-10,13-16H2. The first kappa shape index (κ1) is 23.4. The Hall–Kier alpha value is -2.62. The van der Waals surface area contributed by atoms with Crippen LogP contribution in [-0.4, -0.2) is 46.3 Å². The molecule has 146 valence electrons. The first-order valence-corrected chi connectivity index (χ1v) is 9.05. The molecule has 0 bridgehead atoms. The smallest absolute Gasteiger partial charge is 0.160 e. The molecule has 0 aromatic heterocycles. The van der Waals surface area contributed by atoms with Crippen LogP contribution in [0, 0.1) is 42.9 Å². The van der Waals surface area contributed by atoms with E-state index in [0.717, 1.165) is 61.4 Å². The molecule has 0 N–H and O–H groups in total. The lowest BCUT2D eigenvalue weighted by molar-refractivity contribution is -0.655. The maximum absolute atomic E-state index is 10.8. The molecule has 0 spiro atoms. The molecule has 0 saturated heterocycles. The van der Waals surface area contributed by atoms with Gasteiger partial charge in [0.1, 0.15) is 0 Å². The first-order valence-electron chi connectivity index (χ1n) is 9.05. The van der Waals surface area contributed by atoms with Gasteiger partial charge < -0.3 is 0 Å². The van der Waals surface area contributed by atoms with E-state index in [0.29, 0.717) is 13.1 Å². The van der Waals surface area contributed by atoms with Crippen LogP contribution in [0.25, 0.3) is 0 Å². The zero-order chi connectivity index (χ0) is 19.6. The van der Waals surface area contributed by atoms with Crippen LogP contribution in [0.2, 0.25) is 0 Å². The number of nitriles is 2. The summed E-state index contributed by atoms with van der Waals surface area (Å²) in [6, 6.07) is 3.82. The Labute approximate surface area is 154 Å². The molecule has 10 heteroatoms. The van der Waals surface area contributed by atoms with Gasteiger partial charge in [-0.25, -0.2) is 20.2 Å². The van der Waals surface area contributed by atoms with Gasteiger partial charge in [-0.2, -0.15) is 10.5 Å². The fourth-order valence-corrected chi connectivity index (χ4v) is 2.56. The minimum absolute atomic E-state index is 0.158. The SMILES string of the molecule is N#CCCN(CCCCCCCCCCN(CCC#N)[N+](=O)[O-])[N+](=O)[O-]. The van der Waals surface area contributed by atoms with Crippen molar-refractivity contribution in [2.24, 2.45) is 0 Å². The number of hydrogen-bond acceptors (Lipinski definition) is 6. The third kappa shape index (κ3) is 12.8. The van der Waals surface area contributed by atoms with Crippen LogP contribution in [-0.2, 0) is 0 Å². The van der Waals surface area contributed by atoms with Gasteiger partial charge in [0.25, 0.3) is 0 Å². The number of hydrazine groups is 2. The Morgan fingerprint density at radius 2 is 0.923 bits per heavy atom. The third-order valence-electron chi connectivity index (χ3n) is 4.01. The number of nitrogens with zero attached hydrogens (tertiary/aromatic N) is 6.